The van der Waals surface area contributed by atoms with E-state index in [4.69, 9.17) is 10.5 Å². The van der Waals surface area contributed by atoms with Crippen molar-refractivity contribution in [1.29, 1.82) is 0 Å². The lowest BCUT2D eigenvalue weighted by atomic mass is 10.0. The molecular weight excluding hydrogens is 138 g/mol. The van der Waals surface area contributed by atoms with Gasteiger partial charge < -0.3 is 10.5 Å². The first-order chi connectivity index (χ1) is 5.20. The monoisotopic (exact) mass is 155 g/mol. The third kappa shape index (κ3) is 2.54. The van der Waals surface area contributed by atoms with E-state index in [1.807, 2.05) is 0 Å². The number of hydrogen-bond acceptors (Lipinski definition) is 2. The zero-order chi connectivity index (χ0) is 8.27. The lowest BCUT2D eigenvalue weighted by molar-refractivity contribution is 0.218. The largest absolute Gasteiger partial charge is 0.496 e. The first-order valence-electron chi connectivity index (χ1n) is 4.28. The van der Waals surface area contributed by atoms with Crippen LogP contribution in [0, 0.1) is 5.92 Å². The summed E-state index contributed by atoms with van der Waals surface area (Å²) < 4.78 is 5.35. The normalized spacial score (nSPS) is 19.8. The van der Waals surface area contributed by atoms with Crippen molar-refractivity contribution >= 4 is 0 Å². The summed E-state index contributed by atoms with van der Waals surface area (Å²) in [5.41, 5.74) is 5.89. The molecule has 0 fully saturated rings. The van der Waals surface area contributed by atoms with Crippen LogP contribution in [0.25, 0.3) is 0 Å². The third-order valence-electron chi connectivity index (χ3n) is 1.82. The second-order valence-corrected chi connectivity index (χ2v) is 3.48. The van der Waals surface area contributed by atoms with E-state index in [2.05, 4.69) is 19.9 Å². The van der Waals surface area contributed by atoms with Gasteiger partial charge in [-0.25, -0.2) is 0 Å². The van der Waals surface area contributed by atoms with Gasteiger partial charge in [-0.05, 0) is 18.4 Å². The summed E-state index contributed by atoms with van der Waals surface area (Å²) in [7, 11) is 0. The topological polar surface area (TPSA) is 35.2 Å². The Morgan fingerprint density at radius 2 is 2.36 bits per heavy atom. The van der Waals surface area contributed by atoms with Crippen molar-refractivity contribution in [2.75, 3.05) is 6.61 Å². The van der Waals surface area contributed by atoms with Crippen LogP contribution in [0.2, 0.25) is 0 Å². The molecule has 0 radical (unpaired) electrons. The molecule has 2 N–H and O–H groups in total. The highest BCUT2D eigenvalue weighted by atomic mass is 16.5. The van der Waals surface area contributed by atoms with Gasteiger partial charge in [0.15, 0.2) is 0 Å². The Bertz CT molecular complexity index is 152. The summed E-state index contributed by atoms with van der Waals surface area (Å²) in [4.78, 5) is 0. The van der Waals surface area contributed by atoms with E-state index in [1.54, 1.807) is 0 Å². The second-order valence-electron chi connectivity index (χ2n) is 3.48. The predicted octanol–water partition coefficient (Wildman–Crippen LogP) is 1.66. The van der Waals surface area contributed by atoms with Gasteiger partial charge in [-0.1, -0.05) is 13.8 Å². The minimum atomic E-state index is 0.123. The predicted molar refractivity (Wildman–Crippen MR) is 46.1 cm³/mol. The average Bonchev–Trinajstić information content (AvgIpc) is 2.35. The van der Waals surface area contributed by atoms with Gasteiger partial charge in [-0.3, -0.25) is 0 Å². The van der Waals surface area contributed by atoms with E-state index >= 15 is 0 Å². The van der Waals surface area contributed by atoms with E-state index in [0.717, 1.165) is 25.2 Å². The first-order valence-corrected chi connectivity index (χ1v) is 4.28. The molecule has 0 aromatic carbocycles. The van der Waals surface area contributed by atoms with Crippen LogP contribution in [0.15, 0.2) is 11.8 Å². The standard InChI is InChI=1S/C9H17NO/c1-7(2)6-8(10)9-4-3-5-11-9/h4,7-8H,3,5-6,10H2,1-2H3. The highest BCUT2D eigenvalue weighted by Gasteiger charge is 2.15. The quantitative estimate of drug-likeness (QED) is 0.672. The van der Waals surface area contributed by atoms with Crippen LogP contribution in [0.1, 0.15) is 26.7 Å². The Kier molecular flexibility index (Phi) is 2.94. The van der Waals surface area contributed by atoms with Crippen LogP contribution in [0.3, 0.4) is 0 Å². The molecule has 0 spiro atoms. The maximum absolute atomic E-state index is 5.89. The molecule has 0 saturated carbocycles. The summed E-state index contributed by atoms with van der Waals surface area (Å²) in [5.74, 6) is 1.65. The van der Waals surface area contributed by atoms with Crippen molar-refractivity contribution in [3.8, 4) is 0 Å². The molecule has 1 aliphatic rings. The smallest absolute Gasteiger partial charge is 0.109 e. The SMILES string of the molecule is CC(C)CC(N)C1=CCCO1. The molecule has 0 bridgehead atoms. The van der Waals surface area contributed by atoms with Gasteiger partial charge in [-0.15, -0.1) is 0 Å². The zero-order valence-electron chi connectivity index (χ0n) is 7.34. The van der Waals surface area contributed by atoms with E-state index in [9.17, 15) is 0 Å². The summed E-state index contributed by atoms with van der Waals surface area (Å²) in [6.45, 7) is 5.17. The van der Waals surface area contributed by atoms with Gasteiger partial charge in [0.25, 0.3) is 0 Å². The van der Waals surface area contributed by atoms with Crippen molar-refractivity contribution in [3.05, 3.63) is 11.8 Å². The van der Waals surface area contributed by atoms with Crippen LogP contribution < -0.4 is 5.73 Å². The summed E-state index contributed by atoms with van der Waals surface area (Å²) >= 11 is 0. The number of ether oxygens (including phenoxy) is 1. The molecule has 0 aromatic rings. The van der Waals surface area contributed by atoms with Gasteiger partial charge in [-0.2, -0.15) is 0 Å². The van der Waals surface area contributed by atoms with E-state index in [1.165, 1.54) is 0 Å². The molecule has 1 rings (SSSR count). The van der Waals surface area contributed by atoms with Gasteiger partial charge in [0.1, 0.15) is 5.76 Å². The highest BCUT2D eigenvalue weighted by molar-refractivity contribution is 5.05. The molecule has 1 heterocycles. The number of rotatable bonds is 3. The van der Waals surface area contributed by atoms with Crippen molar-refractivity contribution in [3.63, 3.8) is 0 Å². The fraction of sp³-hybridized carbons (Fsp3) is 0.778. The summed E-state index contributed by atoms with van der Waals surface area (Å²) in [6.07, 6.45) is 4.15. The Hall–Kier alpha value is -0.500. The lowest BCUT2D eigenvalue weighted by Crippen LogP contribution is -2.24. The van der Waals surface area contributed by atoms with Gasteiger partial charge >= 0.3 is 0 Å². The maximum atomic E-state index is 5.89. The van der Waals surface area contributed by atoms with Gasteiger partial charge in [0.05, 0.1) is 12.6 Å². The molecule has 2 nitrogen and oxygen atoms in total. The van der Waals surface area contributed by atoms with E-state index < -0.39 is 0 Å². The summed E-state index contributed by atoms with van der Waals surface area (Å²) in [6, 6.07) is 0.123. The van der Waals surface area contributed by atoms with Crippen LogP contribution >= 0.6 is 0 Å². The van der Waals surface area contributed by atoms with Gasteiger partial charge in [0.2, 0.25) is 0 Å². The molecule has 11 heavy (non-hydrogen) atoms. The molecule has 0 saturated heterocycles. The highest BCUT2D eigenvalue weighted by Crippen LogP contribution is 2.16. The Morgan fingerprint density at radius 3 is 2.82 bits per heavy atom. The molecule has 1 aliphatic heterocycles. The van der Waals surface area contributed by atoms with Crippen LogP contribution in [-0.4, -0.2) is 12.6 Å². The zero-order valence-corrected chi connectivity index (χ0v) is 7.34. The molecule has 0 aromatic heterocycles. The maximum Gasteiger partial charge on any atom is 0.109 e. The van der Waals surface area contributed by atoms with Crippen LogP contribution in [0.4, 0.5) is 0 Å². The second kappa shape index (κ2) is 3.77. The molecular formula is C9H17NO. The fourth-order valence-electron chi connectivity index (χ4n) is 1.32. The van der Waals surface area contributed by atoms with Crippen molar-refractivity contribution < 1.29 is 4.74 Å². The average molecular weight is 155 g/mol. The Morgan fingerprint density at radius 1 is 1.64 bits per heavy atom. The molecule has 64 valence electrons. The molecule has 1 atom stereocenters. The van der Waals surface area contributed by atoms with Crippen molar-refractivity contribution in [2.45, 2.75) is 32.7 Å². The molecule has 0 amide bonds. The first kappa shape index (κ1) is 8.60. The minimum absolute atomic E-state index is 0.123. The Labute approximate surface area is 68.4 Å². The summed E-state index contributed by atoms with van der Waals surface area (Å²) in [5, 5.41) is 0. The van der Waals surface area contributed by atoms with Crippen LogP contribution in [-0.2, 0) is 4.74 Å². The molecule has 2 heteroatoms. The minimum Gasteiger partial charge on any atom is -0.496 e. The fourth-order valence-corrected chi connectivity index (χ4v) is 1.32. The molecule has 0 aliphatic carbocycles. The van der Waals surface area contributed by atoms with E-state index in [-0.39, 0.29) is 6.04 Å². The van der Waals surface area contributed by atoms with Crippen molar-refractivity contribution in [2.24, 2.45) is 11.7 Å². The van der Waals surface area contributed by atoms with Crippen LogP contribution in [0.5, 0.6) is 0 Å². The number of hydrogen-bond donors (Lipinski definition) is 1. The van der Waals surface area contributed by atoms with E-state index in [0.29, 0.717) is 5.92 Å². The third-order valence-corrected chi connectivity index (χ3v) is 1.82. The van der Waals surface area contributed by atoms with Gasteiger partial charge in [0, 0.05) is 6.42 Å². The lowest BCUT2D eigenvalue weighted by Gasteiger charge is -2.14. The Balaban J connectivity index is 2.34. The number of nitrogens with two attached hydrogens (primary N) is 1. The molecule has 1 unspecified atom stereocenters. The van der Waals surface area contributed by atoms with Crippen molar-refractivity contribution in [1.82, 2.24) is 0 Å².